The third kappa shape index (κ3) is 15.2. The van der Waals surface area contributed by atoms with Gasteiger partial charge >= 0.3 is 31.5 Å². The second kappa shape index (κ2) is 15.6. The van der Waals surface area contributed by atoms with Gasteiger partial charge in [-0.05, 0) is 0 Å². The predicted octanol–water partition coefficient (Wildman–Crippen LogP) is -3.49. The number of aliphatic carboxylic acids is 4. The van der Waals surface area contributed by atoms with Gasteiger partial charge in [0, 0.05) is 52.4 Å². The molecule has 0 bridgehead atoms. The molecule has 18 heteroatoms. The summed E-state index contributed by atoms with van der Waals surface area (Å²) in [5.41, 5.74) is 0. The van der Waals surface area contributed by atoms with E-state index in [0.29, 0.717) is 4.90 Å². The van der Waals surface area contributed by atoms with E-state index in [1.165, 1.54) is 14.7 Å². The van der Waals surface area contributed by atoms with Crippen LogP contribution in [-0.4, -0.2) is 176 Å². The third-order valence-corrected chi connectivity index (χ3v) is 6.11. The van der Waals surface area contributed by atoms with Crippen LogP contribution in [0.1, 0.15) is 0 Å². The molecular weight excluding hydrogens is 521 g/mol. The summed E-state index contributed by atoms with van der Waals surface area (Å²) in [5, 5.41) is 36.7. The van der Waals surface area contributed by atoms with Gasteiger partial charge in [0.05, 0.1) is 26.2 Å². The standard InChI is InChI=1S/C19H34N5O12P/c25-15(24(13-19(32)33)14-37(34,35)36)9-20-1-3-21(10-16(26)27)5-7-23(12-18(30)31)8-6-22(4-2-20)11-17(28)29/h1-14H2,(H,26,27)(H,28,29)(H,30,31)(H,32,33)(H2,34,35,36). The van der Waals surface area contributed by atoms with Crippen LogP contribution in [0, 0.1) is 0 Å². The highest BCUT2D eigenvalue weighted by atomic mass is 31.2. The number of hydrogen-bond acceptors (Lipinski definition) is 10. The van der Waals surface area contributed by atoms with Crippen molar-refractivity contribution in [3.8, 4) is 0 Å². The molecule has 0 aliphatic carbocycles. The lowest BCUT2D eigenvalue weighted by Crippen LogP contribution is -2.50. The van der Waals surface area contributed by atoms with Crippen LogP contribution in [0.3, 0.4) is 0 Å². The van der Waals surface area contributed by atoms with Gasteiger partial charge in [-0.25, -0.2) is 0 Å². The Morgan fingerprint density at radius 2 is 0.865 bits per heavy atom. The molecular formula is C19H34N5O12P. The molecule has 0 spiro atoms. The number of amides is 1. The van der Waals surface area contributed by atoms with Crippen LogP contribution in [-0.2, 0) is 28.5 Å². The van der Waals surface area contributed by atoms with Crippen LogP contribution in [0.15, 0.2) is 0 Å². The van der Waals surface area contributed by atoms with Crippen molar-refractivity contribution in [2.45, 2.75) is 0 Å². The Kier molecular flexibility index (Phi) is 13.6. The summed E-state index contributed by atoms with van der Waals surface area (Å²) in [6, 6.07) is 0. The molecule has 0 radical (unpaired) electrons. The summed E-state index contributed by atoms with van der Waals surface area (Å²) in [6.07, 6.45) is -1.10. The van der Waals surface area contributed by atoms with Crippen molar-refractivity contribution < 1.29 is 58.8 Å². The molecule has 1 aliphatic rings. The third-order valence-electron chi connectivity index (χ3n) is 5.40. The molecule has 0 unspecified atom stereocenters. The van der Waals surface area contributed by atoms with Crippen molar-refractivity contribution in [2.24, 2.45) is 0 Å². The maximum Gasteiger partial charge on any atom is 0.344 e. The predicted molar refractivity (Wildman–Crippen MR) is 125 cm³/mol. The number of nitrogens with zero attached hydrogens (tertiary/aromatic N) is 5. The molecule has 37 heavy (non-hydrogen) atoms. The lowest BCUT2D eigenvalue weighted by molar-refractivity contribution is -0.144. The fraction of sp³-hybridized carbons (Fsp3) is 0.737. The first kappa shape index (κ1) is 32.4. The van der Waals surface area contributed by atoms with Crippen molar-refractivity contribution in [1.29, 1.82) is 0 Å². The molecule has 1 fully saturated rings. The van der Waals surface area contributed by atoms with Crippen LogP contribution in [0.2, 0.25) is 0 Å². The van der Waals surface area contributed by atoms with Gasteiger partial charge in [0.1, 0.15) is 12.8 Å². The summed E-state index contributed by atoms with van der Waals surface area (Å²) in [7, 11) is -4.76. The topological polar surface area (TPSA) is 240 Å². The Balaban J connectivity index is 3.11. The average molecular weight is 555 g/mol. The summed E-state index contributed by atoms with van der Waals surface area (Å²) in [6.45, 7) is -1.28. The lowest BCUT2D eigenvalue weighted by atomic mass is 10.3. The molecule has 0 saturated carbocycles. The Labute approximate surface area is 212 Å². The zero-order chi connectivity index (χ0) is 28.2. The second-order valence-electron chi connectivity index (χ2n) is 8.58. The van der Waals surface area contributed by atoms with E-state index in [0.717, 1.165) is 0 Å². The lowest BCUT2D eigenvalue weighted by Gasteiger charge is -2.33. The maximum atomic E-state index is 12.8. The van der Waals surface area contributed by atoms with Gasteiger partial charge in [-0.1, -0.05) is 0 Å². The molecule has 0 aromatic carbocycles. The Morgan fingerprint density at radius 3 is 1.11 bits per heavy atom. The van der Waals surface area contributed by atoms with Crippen LogP contribution in [0.25, 0.3) is 0 Å². The van der Waals surface area contributed by atoms with Crippen LogP contribution in [0.4, 0.5) is 0 Å². The number of carboxylic acid groups (broad SMARTS) is 4. The number of carbonyl (C=O) groups excluding carboxylic acids is 1. The van der Waals surface area contributed by atoms with Gasteiger partial charge in [-0.2, -0.15) is 0 Å². The van der Waals surface area contributed by atoms with Crippen molar-refractivity contribution in [2.75, 3.05) is 91.4 Å². The molecule has 0 aromatic rings. The summed E-state index contributed by atoms with van der Waals surface area (Å²) in [5.74, 6) is -5.68. The Morgan fingerprint density at radius 1 is 0.568 bits per heavy atom. The molecule has 17 nitrogen and oxygen atoms in total. The molecule has 1 saturated heterocycles. The maximum absolute atomic E-state index is 12.8. The van der Waals surface area contributed by atoms with E-state index in [-0.39, 0.29) is 72.0 Å². The molecule has 0 aromatic heterocycles. The van der Waals surface area contributed by atoms with Gasteiger partial charge in [0.25, 0.3) is 0 Å². The second-order valence-corrected chi connectivity index (χ2v) is 10.2. The summed E-state index contributed by atoms with van der Waals surface area (Å²) < 4.78 is 11.4. The van der Waals surface area contributed by atoms with Gasteiger partial charge in [-0.15, -0.1) is 0 Å². The SMILES string of the molecule is O=C(O)CN1CCN(CC(=O)O)CCN(CC(=O)N(CC(=O)O)CP(=O)(O)O)CCN(CC(=O)O)CC1. The van der Waals surface area contributed by atoms with Crippen molar-refractivity contribution >= 4 is 37.4 Å². The Hall–Kier alpha value is -2.66. The van der Waals surface area contributed by atoms with Crippen LogP contribution >= 0.6 is 7.60 Å². The fourth-order valence-corrected chi connectivity index (χ4v) is 4.38. The van der Waals surface area contributed by atoms with E-state index in [1.54, 1.807) is 4.90 Å². The van der Waals surface area contributed by atoms with Crippen LogP contribution in [0.5, 0.6) is 0 Å². The van der Waals surface area contributed by atoms with E-state index < -0.39 is 56.8 Å². The molecule has 1 aliphatic heterocycles. The fourth-order valence-electron chi connectivity index (χ4n) is 3.68. The number of rotatable bonds is 12. The highest BCUT2D eigenvalue weighted by Gasteiger charge is 2.27. The van der Waals surface area contributed by atoms with E-state index in [9.17, 15) is 53.6 Å². The highest BCUT2D eigenvalue weighted by molar-refractivity contribution is 7.51. The van der Waals surface area contributed by atoms with Gasteiger partial charge in [0.15, 0.2) is 0 Å². The average Bonchev–Trinajstić information content (AvgIpc) is 2.72. The minimum Gasteiger partial charge on any atom is -0.480 e. The number of carboxylic acids is 4. The smallest absolute Gasteiger partial charge is 0.344 e. The van der Waals surface area contributed by atoms with E-state index in [2.05, 4.69) is 0 Å². The van der Waals surface area contributed by atoms with Crippen molar-refractivity contribution in [3.63, 3.8) is 0 Å². The van der Waals surface area contributed by atoms with Gasteiger partial charge in [0.2, 0.25) is 5.91 Å². The molecule has 0 atom stereocenters. The van der Waals surface area contributed by atoms with Crippen molar-refractivity contribution in [1.82, 2.24) is 24.5 Å². The highest BCUT2D eigenvalue weighted by Crippen LogP contribution is 2.35. The molecule has 6 N–H and O–H groups in total. The first-order valence-electron chi connectivity index (χ1n) is 11.2. The monoisotopic (exact) mass is 555 g/mol. The van der Waals surface area contributed by atoms with E-state index in [1.807, 2.05) is 0 Å². The summed E-state index contributed by atoms with van der Waals surface area (Å²) in [4.78, 5) is 82.9. The normalized spacial score (nSPS) is 17.9. The van der Waals surface area contributed by atoms with Crippen molar-refractivity contribution in [3.05, 3.63) is 0 Å². The zero-order valence-electron chi connectivity index (χ0n) is 20.2. The largest absolute Gasteiger partial charge is 0.480 e. The number of carbonyl (C=O) groups is 5. The minimum atomic E-state index is -4.76. The zero-order valence-corrected chi connectivity index (χ0v) is 21.1. The number of hydrogen-bond donors (Lipinski definition) is 6. The first-order chi connectivity index (χ1) is 17.1. The molecule has 1 rings (SSSR count). The van der Waals surface area contributed by atoms with Crippen LogP contribution < -0.4 is 0 Å². The Bertz CT molecular complexity index is 836. The molecule has 1 amide bonds. The first-order valence-corrected chi connectivity index (χ1v) is 13.0. The molecule has 212 valence electrons. The quantitative estimate of drug-likeness (QED) is 0.128. The summed E-state index contributed by atoms with van der Waals surface area (Å²) >= 11 is 0. The van der Waals surface area contributed by atoms with E-state index >= 15 is 0 Å². The van der Waals surface area contributed by atoms with E-state index in [4.69, 9.17) is 5.11 Å². The van der Waals surface area contributed by atoms with Gasteiger partial charge in [-0.3, -0.25) is 48.1 Å². The minimum absolute atomic E-state index is 0.0929. The van der Waals surface area contributed by atoms with Gasteiger partial charge < -0.3 is 35.1 Å². The molecule has 1 heterocycles.